The number of phenolic OH excluding ortho intramolecular Hbond substituents is 1. The van der Waals surface area contributed by atoms with Crippen LogP contribution in [0, 0.1) is 5.82 Å². The lowest BCUT2D eigenvalue weighted by Crippen LogP contribution is -2.43. The van der Waals surface area contributed by atoms with Crippen LogP contribution in [0.25, 0.3) is 0 Å². The van der Waals surface area contributed by atoms with Gasteiger partial charge in [0.25, 0.3) is 0 Å². The predicted octanol–water partition coefficient (Wildman–Crippen LogP) is 4.81. The van der Waals surface area contributed by atoms with Crippen molar-refractivity contribution in [2.24, 2.45) is 0 Å². The Morgan fingerprint density at radius 2 is 1.75 bits per heavy atom. The molecule has 2 aliphatic rings. The molecule has 166 valence electrons. The van der Waals surface area contributed by atoms with Crippen LogP contribution in [0.4, 0.5) is 10.1 Å². The Labute approximate surface area is 188 Å². The number of anilines is 1. The molecule has 2 atom stereocenters. The van der Waals surface area contributed by atoms with E-state index in [0.29, 0.717) is 0 Å². The van der Waals surface area contributed by atoms with Crippen molar-refractivity contribution < 1.29 is 14.2 Å². The summed E-state index contributed by atoms with van der Waals surface area (Å²) < 4.78 is 20.8. The van der Waals surface area contributed by atoms with Crippen LogP contribution in [0.5, 0.6) is 11.5 Å². The first kappa shape index (κ1) is 20.8. The first-order chi connectivity index (χ1) is 15.7. The maximum atomic E-state index is 14.9. The number of methoxy groups -OCH3 is 1. The lowest BCUT2D eigenvalue weighted by Gasteiger charge is -2.36. The van der Waals surface area contributed by atoms with Gasteiger partial charge in [-0.1, -0.05) is 30.3 Å². The Morgan fingerprint density at radius 3 is 2.53 bits per heavy atom. The number of piperazine rings is 1. The summed E-state index contributed by atoms with van der Waals surface area (Å²) in [6.45, 7) is 3.87. The number of nitrogens with zero attached hydrogens (tertiary/aromatic N) is 1. The highest BCUT2D eigenvalue weighted by Gasteiger charge is 2.35. The highest BCUT2D eigenvalue weighted by Crippen LogP contribution is 2.50. The molecule has 0 amide bonds. The van der Waals surface area contributed by atoms with Crippen LogP contribution in [0.15, 0.2) is 60.7 Å². The Morgan fingerprint density at radius 1 is 0.969 bits per heavy atom. The van der Waals surface area contributed by atoms with Crippen LogP contribution in [0.3, 0.4) is 0 Å². The third kappa shape index (κ3) is 3.82. The molecule has 0 spiro atoms. The van der Waals surface area contributed by atoms with Crippen LogP contribution in [0.1, 0.15) is 40.5 Å². The normalized spacial score (nSPS) is 20.6. The van der Waals surface area contributed by atoms with Gasteiger partial charge in [-0.05, 0) is 59.7 Å². The predicted molar refractivity (Wildman–Crippen MR) is 125 cm³/mol. The van der Waals surface area contributed by atoms with Crippen molar-refractivity contribution in [1.29, 1.82) is 0 Å². The second-order valence-electron chi connectivity index (χ2n) is 8.69. The molecule has 0 bridgehead atoms. The first-order valence-corrected chi connectivity index (χ1v) is 11.4. The monoisotopic (exact) mass is 432 g/mol. The van der Waals surface area contributed by atoms with Gasteiger partial charge in [-0.3, -0.25) is 0 Å². The highest BCUT2D eigenvalue weighted by molar-refractivity contribution is 5.58. The average Bonchev–Trinajstić information content (AvgIpc) is 2.84. The number of ether oxygens (including phenoxy) is 1. The van der Waals surface area contributed by atoms with E-state index in [4.69, 9.17) is 4.74 Å². The Balaban J connectivity index is 1.63. The van der Waals surface area contributed by atoms with Gasteiger partial charge in [-0.2, -0.15) is 0 Å². The van der Waals surface area contributed by atoms with E-state index in [9.17, 15) is 9.50 Å². The van der Waals surface area contributed by atoms with Gasteiger partial charge in [0.1, 0.15) is 17.3 Å². The fraction of sp³-hybridized carbons (Fsp3) is 0.333. The molecule has 1 fully saturated rings. The quantitative estimate of drug-likeness (QED) is 0.621. The number of hydrogen-bond acceptors (Lipinski definition) is 4. The molecule has 0 aromatic heterocycles. The molecule has 0 saturated carbocycles. The van der Waals surface area contributed by atoms with Crippen molar-refractivity contribution in [3.05, 3.63) is 88.7 Å². The molecule has 1 saturated heterocycles. The van der Waals surface area contributed by atoms with E-state index in [1.54, 1.807) is 25.3 Å². The molecule has 0 unspecified atom stereocenters. The standard InChI is InChI=1S/C27H29FN2O2/c1-32-26-17-19(30-14-12-29-13-15-30)7-10-24(26)27-21-11-8-20(31)16-18(21)6-9-23(27)22-4-2-3-5-25(22)28/h2-5,7-8,10-11,16-17,23,27,29,31H,6,9,12-15H2,1H3/t23-,27-/m1/s1. The second kappa shape index (κ2) is 8.83. The maximum absolute atomic E-state index is 14.9. The zero-order valence-electron chi connectivity index (χ0n) is 18.4. The Bertz CT molecular complexity index is 1110. The maximum Gasteiger partial charge on any atom is 0.126 e. The molecule has 3 aromatic rings. The molecule has 0 radical (unpaired) electrons. The molecule has 3 aromatic carbocycles. The van der Waals surface area contributed by atoms with E-state index in [-0.39, 0.29) is 23.4 Å². The number of benzene rings is 3. The highest BCUT2D eigenvalue weighted by atomic mass is 19.1. The van der Waals surface area contributed by atoms with Gasteiger partial charge in [-0.25, -0.2) is 4.39 Å². The summed E-state index contributed by atoms with van der Waals surface area (Å²) in [6, 6.07) is 19.1. The number of phenols is 1. The molecule has 4 nitrogen and oxygen atoms in total. The lowest BCUT2D eigenvalue weighted by molar-refractivity contribution is 0.399. The van der Waals surface area contributed by atoms with Gasteiger partial charge in [0.2, 0.25) is 0 Å². The number of aromatic hydroxyl groups is 1. The topological polar surface area (TPSA) is 44.7 Å². The van der Waals surface area contributed by atoms with Crippen LogP contribution in [0.2, 0.25) is 0 Å². The van der Waals surface area contributed by atoms with E-state index in [1.807, 2.05) is 24.3 Å². The molecular formula is C27H29FN2O2. The van der Waals surface area contributed by atoms with Gasteiger partial charge < -0.3 is 20.1 Å². The third-order valence-electron chi connectivity index (χ3n) is 6.93. The van der Waals surface area contributed by atoms with Gasteiger partial charge >= 0.3 is 0 Å². The number of rotatable bonds is 4. The molecule has 5 heteroatoms. The second-order valence-corrected chi connectivity index (χ2v) is 8.69. The van der Waals surface area contributed by atoms with E-state index in [1.165, 1.54) is 0 Å². The lowest BCUT2D eigenvalue weighted by atomic mass is 9.69. The summed E-state index contributed by atoms with van der Waals surface area (Å²) in [6.07, 6.45) is 1.62. The smallest absolute Gasteiger partial charge is 0.126 e. The summed E-state index contributed by atoms with van der Waals surface area (Å²) in [5, 5.41) is 13.5. The number of hydrogen-bond donors (Lipinski definition) is 2. The SMILES string of the molecule is COc1cc(N2CCNCC2)ccc1[C@@H]1c2ccc(O)cc2CC[C@@H]1c1ccccc1F. The minimum Gasteiger partial charge on any atom is -0.508 e. The zero-order chi connectivity index (χ0) is 22.1. The van der Waals surface area contributed by atoms with E-state index < -0.39 is 0 Å². The largest absolute Gasteiger partial charge is 0.508 e. The molecular weight excluding hydrogens is 403 g/mol. The number of fused-ring (bicyclic) bond motifs is 1. The van der Waals surface area contributed by atoms with Crippen molar-refractivity contribution in [3.63, 3.8) is 0 Å². The summed E-state index contributed by atoms with van der Waals surface area (Å²) in [5.74, 6) is 0.873. The molecule has 2 N–H and O–H groups in total. The van der Waals surface area contributed by atoms with Crippen molar-refractivity contribution in [1.82, 2.24) is 5.32 Å². The van der Waals surface area contributed by atoms with Crippen LogP contribution < -0.4 is 15.0 Å². The van der Waals surface area contributed by atoms with E-state index in [2.05, 4.69) is 28.4 Å². The van der Waals surface area contributed by atoms with E-state index in [0.717, 1.165) is 72.7 Å². The molecule has 5 rings (SSSR count). The van der Waals surface area contributed by atoms with Crippen molar-refractivity contribution in [2.75, 3.05) is 38.2 Å². The van der Waals surface area contributed by atoms with Crippen LogP contribution >= 0.6 is 0 Å². The Kier molecular flexibility index (Phi) is 5.75. The molecule has 1 aliphatic heterocycles. The Hall–Kier alpha value is -3.05. The van der Waals surface area contributed by atoms with Crippen molar-refractivity contribution in [3.8, 4) is 11.5 Å². The van der Waals surface area contributed by atoms with Gasteiger partial charge in [-0.15, -0.1) is 0 Å². The van der Waals surface area contributed by atoms with E-state index >= 15 is 0 Å². The summed E-state index contributed by atoms with van der Waals surface area (Å²) in [4.78, 5) is 2.37. The minimum absolute atomic E-state index is 0.00724. The third-order valence-corrected chi connectivity index (χ3v) is 6.93. The van der Waals surface area contributed by atoms with Crippen LogP contribution in [-0.4, -0.2) is 38.4 Å². The fourth-order valence-corrected chi connectivity index (χ4v) is 5.38. The molecule has 1 aliphatic carbocycles. The van der Waals surface area contributed by atoms with Gasteiger partial charge in [0, 0.05) is 49.4 Å². The number of halogens is 1. The molecule has 1 heterocycles. The number of aryl methyl sites for hydroxylation is 1. The van der Waals surface area contributed by atoms with Gasteiger partial charge in [0.15, 0.2) is 0 Å². The zero-order valence-corrected chi connectivity index (χ0v) is 18.4. The summed E-state index contributed by atoms with van der Waals surface area (Å²) in [5.41, 5.74) is 5.21. The summed E-state index contributed by atoms with van der Waals surface area (Å²) >= 11 is 0. The minimum atomic E-state index is -0.166. The number of nitrogens with one attached hydrogen (secondary N) is 1. The summed E-state index contributed by atoms with van der Waals surface area (Å²) in [7, 11) is 1.71. The van der Waals surface area contributed by atoms with Crippen molar-refractivity contribution in [2.45, 2.75) is 24.7 Å². The average molecular weight is 433 g/mol. The fourth-order valence-electron chi connectivity index (χ4n) is 5.38. The van der Waals surface area contributed by atoms with Gasteiger partial charge in [0.05, 0.1) is 7.11 Å². The van der Waals surface area contributed by atoms with Crippen molar-refractivity contribution >= 4 is 5.69 Å². The first-order valence-electron chi connectivity index (χ1n) is 11.4. The van der Waals surface area contributed by atoms with Crippen LogP contribution in [-0.2, 0) is 6.42 Å². The molecule has 32 heavy (non-hydrogen) atoms.